The van der Waals surface area contributed by atoms with E-state index >= 15 is 0 Å². The molecule has 4 rings (SSSR count). The number of carbonyl (C=O) groups is 2. The Morgan fingerprint density at radius 2 is 2.06 bits per heavy atom. The van der Waals surface area contributed by atoms with Crippen LogP contribution in [0.5, 0.6) is 0 Å². The first-order valence-electron chi connectivity index (χ1n) is 11.4. The number of hydrogen-bond acceptors (Lipinski definition) is 5. The summed E-state index contributed by atoms with van der Waals surface area (Å²) in [4.78, 5) is 31.8. The molecule has 1 fully saturated rings. The van der Waals surface area contributed by atoms with Crippen molar-refractivity contribution in [2.45, 2.75) is 72.0 Å². The molecule has 0 bridgehead atoms. The zero-order valence-electron chi connectivity index (χ0n) is 19.1. The van der Waals surface area contributed by atoms with Crippen molar-refractivity contribution in [3.05, 3.63) is 47.1 Å². The molecule has 1 unspecified atom stereocenters. The maximum absolute atomic E-state index is 12.7. The number of aryl methyl sites for hydroxylation is 4. The Bertz CT molecular complexity index is 1100. The number of benzene rings is 1. The summed E-state index contributed by atoms with van der Waals surface area (Å²) in [5.41, 5.74) is 3.82. The van der Waals surface area contributed by atoms with Gasteiger partial charge in [-0.3, -0.25) is 9.59 Å². The van der Waals surface area contributed by atoms with Gasteiger partial charge in [0.25, 0.3) is 0 Å². The van der Waals surface area contributed by atoms with Crippen LogP contribution in [0.25, 0.3) is 11.0 Å². The average Bonchev–Trinajstić information content (AvgIpc) is 3.25. The van der Waals surface area contributed by atoms with Crippen molar-refractivity contribution in [3.8, 4) is 0 Å². The molecule has 0 saturated carbocycles. The number of imidazole rings is 1. The minimum Gasteiger partial charge on any atom is -0.361 e. The number of carbonyl (C=O) groups excluding carboxylic acids is 2. The van der Waals surface area contributed by atoms with Crippen molar-refractivity contribution in [2.75, 3.05) is 6.54 Å². The van der Waals surface area contributed by atoms with Gasteiger partial charge in [-0.1, -0.05) is 24.2 Å². The summed E-state index contributed by atoms with van der Waals surface area (Å²) >= 11 is 0. The van der Waals surface area contributed by atoms with E-state index in [1.165, 1.54) is 0 Å². The molecule has 0 spiro atoms. The Balaban J connectivity index is 1.33. The molecular weight excluding hydrogens is 406 g/mol. The van der Waals surface area contributed by atoms with E-state index in [0.29, 0.717) is 38.9 Å². The van der Waals surface area contributed by atoms with Gasteiger partial charge < -0.3 is 19.3 Å². The lowest BCUT2D eigenvalue weighted by Crippen LogP contribution is -2.36. The van der Waals surface area contributed by atoms with Gasteiger partial charge in [-0.05, 0) is 38.8 Å². The molecule has 0 aliphatic carbocycles. The summed E-state index contributed by atoms with van der Waals surface area (Å²) < 4.78 is 7.36. The van der Waals surface area contributed by atoms with Crippen LogP contribution in [0.1, 0.15) is 55.4 Å². The molecule has 8 nitrogen and oxygen atoms in total. The van der Waals surface area contributed by atoms with Gasteiger partial charge in [0.2, 0.25) is 11.8 Å². The number of para-hydroxylation sites is 2. The van der Waals surface area contributed by atoms with E-state index in [-0.39, 0.29) is 17.9 Å². The number of aromatic nitrogens is 3. The third-order valence-corrected chi connectivity index (χ3v) is 6.31. The number of amides is 2. The van der Waals surface area contributed by atoms with Crippen LogP contribution in [-0.4, -0.2) is 44.0 Å². The van der Waals surface area contributed by atoms with E-state index in [2.05, 4.69) is 26.9 Å². The molecule has 1 atom stereocenters. The minimum absolute atomic E-state index is 0.00583. The highest BCUT2D eigenvalue weighted by atomic mass is 16.5. The van der Waals surface area contributed by atoms with Gasteiger partial charge in [-0.2, -0.15) is 0 Å². The molecule has 1 aliphatic rings. The average molecular weight is 438 g/mol. The van der Waals surface area contributed by atoms with Crippen LogP contribution in [0.3, 0.4) is 0 Å². The summed E-state index contributed by atoms with van der Waals surface area (Å²) in [6.45, 7) is 7.56. The zero-order chi connectivity index (χ0) is 22.7. The van der Waals surface area contributed by atoms with Crippen molar-refractivity contribution < 1.29 is 14.1 Å². The SMILES string of the molecule is CCc1nc2ccccc2n1CCC(=O)NC1CCC(=O)N(Cc2c(C)noc2C)CC1. The van der Waals surface area contributed by atoms with Crippen molar-refractivity contribution in [1.82, 2.24) is 24.9 Å². The first kappa shape index (κ1) is 22.0. The van der Waals surface area contributed by atoms with Gasteiger partial charge in [0.1, 0.15) is 11.6 Å². The summed E-state index contributed by atoms with van der Waals surface area (Å²) in [6, 6.07) is 8.03. The second kappa shape index (κ2) is 9.54. The van der Waals surface area contributed by atoms with Gasteiger partial charge >= 0.3 is 0 Å². The number of likely N-dealkylation sites (tertiary alicyclic amines) is 1. The maximum Gasteiger partial charge on any atom is 0.222 e. The van der Waals surface area contributed by atoms with E-state index in [1.54, 1.807) is 0 Å². The Labute approximate surface area is 188 Å². The van der Waals surface area contributed by atoms with Gasteiger partial charge in [0.15, 0.2) is 0 Å². The lowest BCUT2D eigenvalue weighted by molar-refractivity contribution is -0.131. The van der Waals surface area contributed by atoms with Crippen LogP contribution >= 0.6 is 0 Å². The molecule has 1 N–H and O–H groups in total. The molecule has 32 heavy (non-hydrogen) atoms. The molecule has 1 aliphatic heterocycles. The van der Waals surface area contributed by atoms with E-state index in [1.807, 2.05) is 43.0 Å². The fraction of sp³-hybridized carbons (Fsp3) is 0.500. The molecule has 170 valence electrons. The van der Waals surface area contributed by atoms with Crippen LogP contribution in [0.4, 0.5) is 0 Å². The van der Waals surface area contributed by atoms with E-state index in [9.17, 15) is 9.59 Å². The second-order valence-electron chi connectivity index (χ2n) is 8.48. The van der Waals surface area contributed by atoms with E-state index in [0.717, 1.165) is 46.7 Å². The number of fused-ring (bicyclic) bond motifs is 1. The second-order valence-corrected chi connectivity index (χ2v) is 8.48. The number of hydrogen-bond donors (Lipinski definition) is 1. The highest BCUT2D eigenvalue weighted by molar-refractivity contribution is 5.79. The molecule has 3 heterocycles. The number of rotatable bonds is 7. The fourth-order valence-corrected chi connectivity index (χ4v) is 4.42. The summed E-state index contributed by atoms with van der Waals surface area (Å²) in [5, 5.41) is 7.13. The highest BCUT2D eigenvalue weighted by Crippen LogP contribution is 2.20. The summed E-state index contributed by atoms with van der Waals surface area (Å²) in [7, 11) is 0. The predicted octanol–water partition coefficient (Wildman–Crippen LogP) is 3.29. The molecule has 0 radical (unpaired) electrons. The van der Waals surface area contributed by atoms with Gasteiger partial charge in [-0.15, -0.1) is 0 Å². The van der Waals surface area contributed by atoms with E-state index < -0.39 is 0 Å². The van der Waals surface area contributed by atoms with Crippen LogP contribution in [0, 0.1) is 13.8 Å². The predicted molar refractivity (Wildman–Crippen MR) is 121 cm³/mol. The lowest BCUT2D eigenvalue weighted by atomic mass is 10.1. The number of nitrogens with zero attached hydrogens (tertiary/aromatic N) is 4. The fourth-order valence-electron chi connectivity index (χ4n) is 4.42. The topological polar surface area (TPSA) is 93.3 Å². The van der Waals surface area contributed by atoms with Crippen LogP contribution in [-0.2, 0) is 29.1 Å². The molecule has 8 heteroatoms. The van der Waals surface area contributed by atoms with Gasteiger partial charge in [0, 0.05) is 44.0 Å². The Morgan fingerprint density at radius 1 is 1.25 bits per heavy atom. The van der Waals surface area contributed by atoms with Crippen molar-refractivity contribution >= 4 is 22.8 Å². The van der Waals surface area contributed by atoms with Crippen molar-refractivity contribution in [3.63, 3.8) is 0 Å². The molecule has 1 aromatic carbocycles. The molecule has 3 aromatic rings. The Kier molecular flexibility index (Phi) is 6.58. The normalized spacial score (nSPS) is 17.0. The maximum atomic E-state index is 12.7. The number of nitrogens with one attached hydrogen (secondary N) is 1. The van der Waals surface area contributed by atoms with Crippen molar-refractivity contribution in [2.24, 2.45) is 0 Å². The smallest absolute Gasteiger partial charge is 0.222 e. The highest BCUT2D eigenvalue weighted by Gasteiger charge is 2.25. The standard InChI is InChI=1S/C24H31N5O3/c1-4-22-26-20-7-5-6-8-21(20)29(22)14-12-23(30)25-18-9-10-24(31)28(13-11-18)15-19-16(2)27-32-17(19)3/h5-8,18H,4,9-15H2,1-3H3,(H,25,30). The van der Waals surface area contributed by atoms with Crippen LogP contribution < -0.4 is 5.32 Å². The first-order chi connectivity index (χ1) is 15.5. The molecular formula is C24H31N5O3. The lowest BCUT2D eigenvalue weighted by Gasteiger charge is -2.21. The monoisotopic (exact) mass is 437 g/mol. The largest absolute Gasteiger partial charge is 0.361 e. The Morgan fingerprint density at radius 3 is 2.81 bits per heavy atom. The van der Waals surface area contributed by atoms with Gasteiger partial charge in [0.05, 0.1) is 23.3 Å². The summed E-state index contributed by atoms with van der Waals surface area (Å²) in [5.74, 6) is 1.87. The third-order valence-electron chi connectivity index (χ3n) is 6.31. The Hall–Kier alpha value is -3.16. The third kappa shape index (κ3) is 4.69. The summed E-state index contributed by atoms with van der Waals surface area (Å²) in [6.07, 6.45) is 3.05. The molecule has 2 amide bonds. The van der Waals surface area contributed by atoms with Crippen molar-refractivity contribution in [1.29, 1.82) is 0 Å². The molecule has 2 aromatic heterocycles. The molecule has 1 saturated heterocycles. The van der Waals surface area contributed by atoms with Gasteiger partial charge in [-0.25, -0.2) is 4.98 Å². The van der Waals surface area contributed by atoms with E-state index in [4.69, 9.17) is 4.52 Å². The quantitative estimate of drug-likeness (QED) is 0.612. The van der Waals surface area contributed by atoms with Crippen LogP contribution in [0.2, 0.25) is 0 Å². The minimum atomic E-state index is 0.00583. The van der Waals surface area contributed by atoms with Crippen LogP contribution in [0.15, 0.2) is 28.8 Å². The zero-order valence-corrected chi connectivity index (χ0v) is 19.1. The first-order valence-corrected chi connectivity index (χ1v) is 11.4.